The molecule has 0 spiro atoms. The van der Waals surface area contributed by atoms with E-state index in [-0.39, 0.29) is 0 Å². The van der Waals surface area contributed by atoms with E-state index < -0.39 is 0 Å². The predicted molar refractivity (Wildman–Crippen MR) is 84.7 cm³/mol. The second-order valence-corrected chi connectivity index (χ2v) is 6.13. The van der Waals surface area contributed by atoms with Crippen molar-refractivity contribution in [3.8, 4) is 0 Å². The Bertz CT molecular complexity index is 573. The standard InChI is InChI=1S/C18H24N2/c1-2-13-6-7-15(11-19)17(10-13)16-5-3-4-14-8-9-20-12-18(14)16/h3-5,8-9,12-13,15,17H,2,6-7,10-11,19H2,1H3. The van der Waals surface area contributed by atoms with Gasteiger partial charge in [0.1, 0.15) is 0 Å². The minimum absolute atomic E-state index is 0.603. The average molecular weight is 268 g/mol. The van der Waals surface area contributed by atoms with Gasteiger partial charge in [0, 0.05) is 17.8 Å². The van der Waals surface area contributed by atoms with Gasteiger partial charge in [0.2, 0.25) is 0 Å². The molecule has 106 valence electrons. The van der Waals surface area contributed by atoms with Crippen molar-refractivity contribution < 1.29 is 0 Å². The van der Waals surface area contributed by atoms with E-state index in [9.17, 15) is 0 Å². The molecule has 3 atom stereocenters. The first-order chi connectivity index (χ1) is 9.83. The molecule has 1 aliphatic carbocycles. The van der Waals surface area contributed by atoms with Crippen LogP contribution in [0.2, 0.25) is 0 Å². The van der Waals surface area contributed by atoms with E-state index in [0.29, 0.717) is 11.8 Å². The molecule has 2 N–H and O–H groups in total. The van der Waals surface area contributed by atoms with E-state index in [1.807, 2.05) is 12.4 Å². The molecule has 0 aliphatic heterocycles. The van der Waals surface area contributed by atoms with Gasteiger partial charge >= 0.3 is 0 Å². The van der Waals surface area contributed by atoms with Crippen molar-refractivity contribution in [2.75, 3.05) is 6.54 Å². The average Bonchev–Trinajstić information content (AvgIpc) is 2.53. The molecule has 3 unspecified atom stereocenters. The molecule has 3 rings (SSSR count). The molecule has 1 aliphatic rings. The number of pyridine rings is 1. The summed E-state index contributed by atoms with van der Waals surface area (Å²) < 4.78 is 0. The first kappa shape index (κ1) is 13.6. The fraction of sp³-hybridized carbons (Fsp3) is 0.500. The van der Waals surface area contributed by atoms with E-state index in [2.05, 4.69) is 36.2 Å². The first-order valence-electron chi connectivity index (χ1n) is 7.86. The smallest absolute Gasteiger partial charge is 0.0349 e. The zero-order valence-electron chi connectivity index (χ0n) is 12.3. The molecular formula is C18H24N2. The second kappa shape index (κ2) is 5.92. The van der Waals surface area contributed by atoms with Crippen LogP contribution in [0.25, 0.3) is 10.8 Å². The minimum Gasteiger partial charge on any atom is -0.330 e. The van der Waals surface area contributed by atoms with Crippen LogP contribution >= 0.6 is 0 Å². The van der Waals surface area contributed by atoms with Gasteiger partial charge in [0.15, 0.2) is 0 Å². The number of benzene rings is 1. The maximum atomic E-state index is 6.05. The summed E-state index contributed by atoms with van der Waals surface area (Å²) >= 11 is 0. The maximum absolute atomic E-state index is 6.05. The van der Waals surface area contributed by atoms with Crippen LogP contribution in [0.5, 0.6) is 0 Å². The molecule has 0 bridgehead atoms. The van der Waals surface area contributed by atoms with Crippen molar-refractivity contribution in [1.82, 2.24) is 4.98 Å². The molecule has 1 heterocycles. The van der Waals surface area contributed by atoms with Crippen LogP contribution in [0.4, 0.5) is 0 Å². The Kier molecular flexibility index (Phi) is 4.02. The lowest BCUT2D eigenvalue weighted by Gasteiger charge is -2.36. The van der Waals surface area contributed by atoms with Crippen LogP contribution in [-0.2, 0) is 0 Å². The molecule has 0 saturated heterocycles. The Labute approximate surface area is 121 Å². The molecule has 1 fully saturated rings. The van der Waals surface area contributed by atoms with E-state index in [4.69, 9.17) is 5.73 Å². The van der Waals surface area contributed by atoms with Crippen LogP contribution in [0.3, 0.4) is 0 Å². The zero-order valence-corrected chi connectivity index (χ0v) is 12.3. The Balaban J connectivity index is 2.03. The fourth-order valence-corrected chi connectivity index (χ4v) is 3.81. The lowest BCUT2D eigenvalue weighted by atomic mass is 9.70. The number of fused-ring (bicyclic) bond motifs is 1. The molecule has 2 heteroatoms. The van der Waals surface area contributed by atoms with Gasteiger partial charge in [-0.2, -0.15) is 0 Å². The summed E-state index contributed by atoms with van der Waals surface area (Å²) in [6.45, 7) is 3.12. The zero-order chi connectivity index (χ0) is 13.9. The van der Waals surface area contributed by atoms with Crippen LogP contribution in [-0.4, -0.2) is 11.5 Å². The fourth-order valence-electron chi connectivity index (χ4n) is 3.81. The van der Waals surface area contributed by atoms with Crippen molar-refractivity contribution in [2.45, 2.75) is 38.5 Å². The third kappa shape index (κ3) is 2.45. The summed E-state index contributed by atoms with van der Waals surface area (Å²) in [4.78, 5) is 4.33. The molecule has 1 aromatic heterocycles. The molecule has 20 heavy (non-hydrogen) atoms. The normalized spacial score (nSPS) is 26.8. The number of hydrogen-bond donors (Lipinski definition) is 1. The van der Waals surface area contributed by atoms with Crippen molar-refractivity contribution in [2.24, 2.45) is 17.6 Å². The van der Waals surface area contributed by atoms with Gasteiger partial charge in [-0.1, -0.05) is 38.0 Å². The quantitative estimate of drug-likeness (QED) is 0.910. The third-order valence-electron chi connectivity index (χ3n) is 5.10. The van der Waals surface area contributed by atoms with Gasteiger partial charge in [0.25, 0.3) is 0 Å². The number of rotatable bonds is 3. The molecule has 2 nitrogen and oxygen atoms in total. The second-order valence-electron chi connectivity index (χ2n) is 6.13. The van der Waals surface area contributed by atoms with Crippen LogP contribution < -0.4 is 5.73 Å². The number of aromatic nitrogens is 1. The molecule has 1 aromatic carbocycles. The Morgan fingerprint density at radius 2 is 2.15 bits per heavy atom. The number of nitrogens with zero attached hydrogens (tertiary/aromatic N) is 1. The highest BCUT2D eigenvalue weighted by Gasteiger charge is 2.30. The highest BCUT2D eigenvalue weighted by molar-refractivity contribution is 5.85. The van der Waals surface area contributed by atoms with E-state index >= 15 is 0 Å². The lowest BCUT2D eigenvalue weighted by molar-refractivity contribution is 0.237. The first-order valence-corrected chi connectivity index (χ1v) is 7.86. The molecule has 1 saturated carbocycles. The minimum atomic E-state index is 0.603. The Hall–Kier alpha value is -1.41. The summed E-state index contributed by atoms with van der Waals surface area (Å²) in [7, 11) is 0. The topological polar surface area (TPSA) is 38.9 Å². The molecular weight excluding hydrogens is 244 g/mol. The SMILES string of the molecule is CCC1CCC(CN)C(c2cccc3ccncc23)C1. The monoisotopic (exact) mass is 268 g/mol. The lowest BCUT2D eigenvalue weighted by Crippen LogP contribution is -2.29. The van der Waals surface area contributed by atoms with Gasteiger partial charge in [-0.3, -0.25) is 4.98 Å². The summed E-state index contributed by atoms with van der Waals surface area (Å²) in [6, 6.07) is 8.75. The van der Waals surface area contributed by atoms with Crippen molar-refractivity contribution >= 4 is 10.8 Å². The van der Waals surface area contributed by atoms with E-state index in [1.165, 1.54) is 42.0 Å². The van der Waals surface area contributed by atoms with Crippen LogP contribution in [0.15, 0.2) is 36.7 Å². The summed E-state index contributed by atoms with van der Waals surface area (Å²) in [5.41, 5.74) is 7.51. The van der Waals surface area contributed by atoms with Gasteiger partial charge in [-0.15, -0.1) is 0 Å². The number of nitrogens with two attached hydrogens (primary N) is 1. The third-order valence-corrected chi connectivity index (χ3v) is 5.10. The van der Waals surface area contributed by atoms with Gasteiger partial charge in [0.05, 0.1) is 0 Å². The molecule has 2 aromatic rings. The highest BCUT2D eigenvalue weighted by Crippen LogP contribution is 2.43. The van der Waals surface area contributed by atoms with Gasteiger partial charge in [-0.05, 0) is 54.2 Å². The van der Waals surface area contributed by atoms with Gasteiger partial charge in [-0.25, -0.2) is 0 Å². The predicted octanol–water partition coefficient (Wildman–Crippen LogP) is 4.10. The molecule has 0 radical (unpaired) electrons. The summed E-state index contributed by atoms with van der Waals surface area (Å²) in [6.07, 6.45) is 9.09. The van der Waals surface area contributed by atoms with E-state index in [1.54, 1.807) is 0 Å². The number of hydrogen-bond acceptors (Lipinski definition) is 2. The maximum Gasteiger partial charge on any atom is 0.0349 e. The van der Waals surface area contributed by atoms with Crippen molar-refractivity contribution in [3.05, 3.63) is 42.2 Å². The summed E-state index contributed by atoms with van der Waals surface area (Å²) in [5.74, 6) is 2.09. The van der Waals surface area contributed by atoms with Gasteiger partial charge < -0.3 is 5.73 Å². The Morgan fingerprint density at radius 1 is 1.25 bits per heavy atom. The van der Waals surface area contributed by atoms with Crippen LogP contribution in [0.1, 0.15) is 44.1 Å². The van der Waals surface area contributed by atoms with Crippen molar-refractivity contribution in [3.63, 3.8) is 0 Å². The largest absolute Gasteiger partial charge is 0.330 e. The summed E-state index contributed by atoms with van der Waals surface area (Å²) in [5, 5.41) is 2.61. The molecule has 0 amide bonds. The van der Waals surface area contributed by atoms with Crippen molar-refractivity contribution in [1.29, 1.82) is 0 Å². The van der Waals surface area contributed by atoms with Crippen LogP contribution in [0, 0.1) is 11.8 Å². The van der Waals surface area contributed by atoms with E-state index in [0.717, 1.165) is 12.5 Å². The highest BCUT2D eigenvalue weighted by atomic mass is 14.6. The Morgan fingerprint density at radius 3 is 2.95 bits per heavy atom.